The van der Waals surface area contributed by atoms with Gasteiger partial charge in [0.15, 0.2) is 0 Å². The Morgan fingerprint density at radius 1 is 0.941 bits per heavy atom. The molecule has 17 heavy (non-hydrogen) atoms. The molecule has 0 amide bonds. The number of piperidine rings is 1. The van der Waals surface area contributed by atoms with Crippen LogP contribution in [0.4, 0.5) is 8.78 Å². The van der Waals surface area contributed by atoms with Gasteiger partial charge in [0.05, 0.1) is 0 Å². The Morgan fingerprint density at radius 2 is 1.53 bits per heavy atom. The molecule has 2 aliphatic heterocycles. The van der Waals surface area contributed by atoms with Gasteiger partial charge >= 0.3 is 0 Å². The third kappa shape index (κ3) is 1.04. The Morgan fingerprint density at radius 3 is 2.00 bits per heavy atom. The van der Waals surface area contributed by atoms with Crippen molar-refractivity contribution < 1.29 is 8.78 Å². The van der Waals surface area contributed by atoms with E-state index in [2.05, 4.69) is 11.8 Å². The van der Waals surface area contributed by atoms with Crippen LogP contribution in [-0.4, -0.2) is 29.5 Å². The maximum Gasteiger partial charge on any atom is 0.254 e. The molecule has 0 radical (unpaired) electrons. The molecule has 0 aromatic carbocycles. The number of fused-ring (bicyclic) bond motifs is 2. The van der Waals surface area contributed by atoms with E-state index >= 15 is 0 Å². The Bertz CT molecular complexity index is 376. The highest BCUT2D eigenvalue weighted by Crippen LogP contribution is 2.75. The minimum atomic E-state index is -2.35. The van der Waals surface area contributed by atoms with E-state index in [9.17, 15) is 8.78 Å². The molecule has 0 aromatic heterocycles. The fourth-order valence-corrected chi connectivity index (χ4v) is 5.19. The van der Waals surface area contributed by atoms with Gasteiger partial charge in [0.2, 0.25) is 0 Å². The SMILES string of the molecule is CC[C@]12C[C@]3(CCN1CCC21CC1)CC3(F)F. The van der Waals surface area contributed by atoms with Crippen LogP contribution in [0.2, 0.25) is 0 Å². The molecule has 3 heteroatoms. The molecule has 4 aliphatic rings. The molecule has 2 heterocycles. The summed E-state index contributed by atoms with van der Waals surface area (Å²) in [5.74, 6) is -2.35. The van der Waals surface area contributed by atoms with Crippen LogP contribution in [0.1, 0.15) is 51.9 Å². The minimum absolute atomic E-state index is 0.144. The lowest BCUT2D eigenvalue weighted by Crippen LogP contribution is -2.55. The molecule has 96 valence electrons. The van der Waals surface area contributed by atoms with Crippen molar-refractivity contribution in [1.29, 1.82) is 0 Å². The first-order valence-corrected chi connectivity index (χ1v) is 7.12. The number of hydrogen-bond donors (Lipinski definition) is 0. The monoisotopic (exact) mass is 241 g/mol. The molecule has 2 saturated carbocycles. The van der Waals surface area contributed by atoms with Crippen LogP contribution in [0.3, 0.4) is 0 Å². The van der Waals surface area contributed by atoms with Crippen molar-refractivity contribution >= 4 is 0 Å². The molecule has 4 rings (SSSR count). The topological polar surface area (TPSA) is 3.24 Å². The van der Waals surface area contributed by atoms with E-state index < -0.39 is 11.3 Å². The van der Waals surface area contributed by atoms with Gasteiger partial charge in [0.1, 0.15) is 0 Å². The highest BCUT2D eigenvalue weighted by atomic mass is 19.3. The lowest BCUT2D eigenvalue weighted by atomic mass is 9.69. The number of halogens is 2. The second-order valence-corrected chi connectivity index (χ2v) is 6.99. The molecule has 0 bridgehead atoms. The Labute approximate surface area is 102 Å². The number of alkyl halides is 2. The van der Waals surface area contributed by atoms with Gasteiger partial charge in [-0.2, -0.15) is 0 Å². The lowest BCUT2D eigenvalue weighted by Gasteiger charge is -2.49. The molecule has 2 atom stereocenters. The van der Waals surface area contributed by atoms with E-state index in [0.29, 0.717) is 5.41 Å². The van der Waals surface area contributed by atoms with Crippen molar-refractivity contribution in [3.63, 3.8) is 0 Å². The summed E-state index contributed by atoms with van der Waals surface area (Å²) in [6.07, 6.45) is 6.61. The predicted molar refractivity (Wildman–Crippen MR) is 62.1 cm³/mol. The molecule has 2 saturated heterocycles. The summed E-state index contributed by atoms with van der Waals surface area (Å²) in [6.45, 7) is 4.30. The number of nitrogens with zero attached hydrogens (tertiary/aromatic N) is 1. The summed E-state index contributed by atoms with van der Waals surface area (Å²) in [4.78, 5) is 2.57. The van der Waals surface area contributed by atoms with Crippen LogP contribution in [0, 0.1) is 10.8 Å². The number of rotatable bonds is 1. The largest absolute Gasteiger partial charge is 0.297 e. The second-order valence-electron chi connectivity index (χ2n) is 6.99. The van der Waals surface area contributed by atoms with Crippen molar-refractivity contribution in [3.8, 4) is 0 Å². The molecule has 2 spiro atoms. The standard InChI is InChI=1S/C14H21F2N/c1-2-13-9-12(10-14(12,15)16)6-8-17(13)7-5-11(13)3-4-11/h2-10H2,1H3/t12-,13-/m1/s1. The van der Waals surface area contributed by atoms with E-state index in [0.717, 1.165) is 32.4 Å². The molecule has 0 unspecified atom stereocenters. The highest BCUT2D eigenvalue weighted by Gasteiger charge is 2.77. The molecule has 1 nitrogen and oxygen atoms in total. The highest BCUT2D eigenvalue weighted by molar-refractivity contribution is 5.25. The number of hydrogen-bond acceptors (Lipinski definition) is 1. The Kier molecular flexibility index (Phi) is 1.71. The van der Waals surface area contributed by atoms with Crippen LogP contribution in [0.25, 0.3) is 0 Å². The van der Waals surface area contributed by atoms with Gasteiger partial charge in [-0.05, 0) is 57.0 Å². The van der Waals surface area contributed by atoms with Gasteiger partial charge in [0.25, 0.3) is 5.92 Å². The van der Waals surface area contributed by atoms with Gasteiger partial charge < -0.3 is 0 Å². The Hall–Kier alpha value is -0.180. The fourth-order valence-electron chi connectivity index (χ4n) is 5.19. The third-order valence-corrected chi connectivity index (χ3v) is 6.59. The van der Waals surface area contributed by atoms with Crippen LogP contribution >= 0.6 is 0 Å². The van der Waals surface area contributed by atoms with E-state index in [-0.39, 0.29) is 12.0 Å². The second kappa shape index (κ2) is 2.71. The first-order valence-electron chi connectivity index (χ1n) is 7.12. The summed E-state index contributed by atoms with van der Waals surface area (Å²) in [5, 5.41) is 0. The predicted octanol–water partition coefficient (Wildman–Crippen LogP) is 3.44. The molecule has 0 N–H and O–H groups in total. The van der Waals surface area contributed by atoms with Crippen molar-refractivity contribution in [2.24, 2.45) is 10.8 Å². The summed E-state index contributed by atoms with van der Waals surface area (Å²) >= 11 is 0. The average molecular weight is 241 g/mol. The van der Waals surface area contributed by atoms with Crippen molar-refractivity contribution in [2.45, 2.75) is 63.3 Å². The van der Waals surface area contributed by atoms with Gasteiger partial charge in [-0.25, -0.2) is 8.78 Å². The van der Waals surface area contributed by atoms with Crippen LogP contribution in [0.5, 0.6) is 0 Å². The summed E-state index contributed by atoms with van der Waals surface area (Å²) in [7, 11) is 0. The zero-order chi connectivity index (χ0) is 11.9. The maximum absolute atomic E-state index is 13.7. The van der Waals surface area contributed by atoms with Crippen molar-refractivity contribution in [1.82, 2.24) is 4.90 Å². The van der Waals surface area contributed by atoms with Gasteiger partial charge in [0, 0.05) is 17.4 Å². The summed E-state index contributed by atoms with van der Waals surface area (Å²) in [5.41, 5.74) is -0.0154. The zero-order valence-electron chi connectivity index (χ0n) is 10.6. The van der Waals surface area contributed by atoms with Crippen LogP contribution in [0.15, 0.2) is 0 Å². The first kappa shape index (κ1) is 10.7. The first-order chi connectivity index (χ1) is 7.99. The van der Waals surface area contributed by atoms with E-state index in [4.69, 9.17) is 0 Å². The quantitative estimate of drug-likeness (QED) is 0.679. The van der Waals surface area contributed by atoms with E-state index in [1.54, 1.807) is 0 Å². The van der Waals surface area contributed by atoms with E-state index in [1.165, 1.54) is 19.3 Å². The minimum Gasteiger partial charge on any atom is -0.297 e. The van der Waals surface area contributed by atoms with Crippen LogP contribution < -0.4 is 0 Å². The van der Waals surface area contributed by atoms with Gasteiger partial charge in [-0.3, -0.25) is 4.90 Å². The molecule has 2 aliphatic carbocycles. The molecule has 0 aromatic rings. The zero-order valence-corrected chi connectivity index (χ0v) is 10.6. The van der Waals surface area contributed by atoms with Crippen molar-refractivity contribution in [2.75, 3.05) is 13.1 Å². The smallest absolute Gasteiger partial charge is 0.254 e. The van der Waals surface area contributed by atoms with Gasteiger partial charge in [-0.1, -0.05) is 6.92 Å². The van der Waals surface area contributed by atoms with Crippen molar-refractivity contribution in [3.05, 3.63) is 0 Å². The Balaban J connectivity index is 1.71. The van der Waals surface area contributed by atoms with E-state index in [1.807, 2.05) is 0 Å². The average Bonchev–Trinajstić information content (AvgIpc) is 3.11. The van der Waals surface area contributed by atoms with Crippen LogP contribution in [-0.2, 0) is 0 Å². The fraction of sp³-hybridized carbons (Fsp3) is 1.00. The molecular weight excluding hydrogens is 220 g/mol. The maximum atomic E-state index is 13.7. The van der Waals surface area contributed by atoms with Gasteiger partial charge in [-0.15, -0.1) is 0 Å². The molecule has 4 fully saturated rings. The molecular formula is C14H21F2N. The normalized spacial score (nSPS) is 49.6. The third-order valence-electron chi connectivity index (χ3n) is 6.59. The summed E-state index contributed by atoms with van der Waals surface area (Å²) in [6, 6.07) is 0. The lowest BCUT2D eigenvalue weighted by molar-refractivity contribution is -0.0389. The summed E-state index contributed by atoms with van der Waals surface area (Å²) < 4.78 is 27.4.